The van der Waals surface area contributed by atoms with Gasteiger partial charge in [-0.15, -0.1) is 0 Å². The molecule has 2 aromatic carbocycles. The van der Waals surface area contributed by atoms with Crippen molar-refractivity contribution in [3.63, 3.8) is 0 Å². The first kappa shape index (κ1) is 20.9. The van der Waals surface area contributed by atoms with Gasteiger partial charge in [-0.1, -0.05) is 30.3 Å². The highest BCUT2D eigenvalue weighted by Crippen LogP contribution is 2.29. The fourth-order valence-corrected chi connectivity index (χ4v) is 3.41. The Balaban J connectivity index is 1.45. The number of likely N-dealkylation sites (tertiary alicyclic amines) is 1. The quantitative estimate of drug-likeness (QED) is 0.817. The molecule has 3 rings (SSSR count). The number of hydrogen-bond donors (Lipinski definition) is 1. The summed E-state index contributed by atoms with van der Waals surface area (Å²) >= 11 is 0. The van der Waals surface area contributed by atoms with Gasteiger partial charge >= 0.3 is 6.18 Å². The van der Waals surface area contributed by atoms with Crippen LogP contribution in [0.3, 0.4) is 0 Å². The number of amides is 2. The van der Waals surface area contributed by atoms with Gasteiger partial charge in [0.05, 0.1) is 5.56 Å². The first-order valence-electron chi connectivity index (χ1n) is 9.63. The Labute approximate surface area is 167 Å². The smallest absolute Gasteiger partial charge is 0.353 e. The molecule has 2 aromatic rings. The first-order valence-corrected chi connectivity index (χ1v) is 9.63. The molecule has 0 spiro atoms. The molecular formula is C22H23F3N2O2. The number of piperidine rings is 1. The number of benzene rings is 2. The molecule has 1 N–H and O–H groups in total. The van der Waals surface area contributed by atoms with Crippen molar-refractivity contribution >= 4 is 11.8 Å². The van der Waals surface area contributed by atoms with E-state index in [4.69, 9.17) is 0 Å². The Morgan fingerprint density at radius 1 is 0.966 bits per heavy atom. The maximum Gasteiger partial charge on any atom is 0.416 e. The fourth-order valence-electron chi connectivity index (χ4n) is 3.41. The third kappa shape index (κ3) is 5.82. The van der Waals surface area contributed by atoms with Crippen LogP contribution >= 0.6 is 0 Å². The number of nitrogens with zero attached hydrogens (tertiary/aromatic N) is 1. The van der Waals surface area contributed by atoms with Crippen LogP contribution in [0.15, 0.2) is 54.6 Å². The summed E-state index contributed by atoms with van der Waals surface area (Å²) in [5.74, 6) is -0.297. The monoisotopic (exact) mass is 404 g/mol. The predicted octanol–water partition coefficient (Wildman–Crippen LogP) is 4.06. The van der Waals surface area contributed by atoms with Crippen molar-refractivity contribution in [3.05, 3.63) is 71.3 Å². The molecule has 0 radical (unpaired) electrons. The standard InChI is InChI=1S/C22H23F3N2O2/c23-22(24,25)18-9-7-17(8-10-18)21(29)27-14-12-19(13-15-27)26-20(28)11-6-16-4-2-1-3-5-16/h1-5,7-10,19H,6,11-15H2,(H,26,28). The van der Waals surface area contributed by atoms with Crippen LogP contribution in [0.1, 0.15) is 40.7 Å². The number of alkyl halides is 3. The van der Waals surface area contributed by atoms with Crippen LogP contribution in [0, 0.1) is 0 Å². The average Bonchev–Trinajstić information content (AvgIpc) is 2.72. The Kier molecular flexibility index (Phi) is 6.56. The number of aryl methyl sites for hydroxylation is 1. The summed E-state index contributed by atoms with van der Waals surface area (Å²) in [6.45, 7) is 0.924. The molecule has 1 saturated heterocycles. The van der Waals surface area contributed by atoms with E-state index >= 15 is 0 Å². The van der Waals surface area contributed by atoms with Crippen molar-refractivity contribution in [1.29, 1.82) is 0 Å². The van der Waals surface area contributed by atoms with Crippen molar-refractivity contribution in [3.8, 4) is 0 Å². The molecule has 154 valence electrons. The third-order valence-corrected chi connectivity index (χ3v) is 5.09. The topological polar surface area (TPSA) is 49.4 Å². The molecule has 1 aliphatic heterocycles. The molecule has 0 bridgehead atoms. The molecule has 29 heavy (non-hydrogen) atoms. The van der Waals surface area contributed by atoms with Crippen molar-refractivity contribution in [1.82, 2.24) is 10.2 Å². The molecular weight excluding hydrogens is 381 g/mol. The molecule has 1 aliphatic rings. The van der Waals surface area contributed by atoms with Gasteiger partial charge in [0.1, 0.15) is 0 Å². The molecule has 1 fully saturated rings. The van der Waals surface area contributed by atoms with E-state index in [0.717, 1.165) is 17.7 Å². The molecule has 1 heterocycles. The fraction of sp³-hybridized carbons (Fsp3) is 0.364. The zero-order valence-corrected chi connectivity index (χ0v) is 15.9. The zero-order chi connectivity index (χ0) is 20.9. The van der Waals surface area contributed by atoms with E-state index in [1.807, 2.05) is 30.3 Å². The second-order valence-electron chi connectivity index (χ2n) is 7.19. The Hall–Kier alpha value is -2.83. The Morgan fingerprint density at radius 3 is 2.17 bits per heavy atom. The molecule has 4 nitrogen and oxygen atoms in total. The SMILES string of the molecule is O=C(CCc1ccccc1)NC1CCN(C(=O)c2ccc(C(F)(F)F)cc2)CC1. The summed E-state index contributed by atoms with van der Waals surface area (Å²) in [7, 11) is 0. The van der Waals surface area contributed by atoms with E-state index < -0.39 is 11.7 Å². The third-order valence-electron chi connectivity index (χ3n) is 5.09. The lowest BCUT2D eigenvalue weighted by Crippen LogP contribution is -2.46. The van der Waals surface area contributed by atoms with Crippen molar-refractivity contribution in [2.45, 2.75) is 37.9 Å². The van der Waals surface area contributed by atoms with Crippen LogP contribution in [0.4, 0.5) is 13.2 Å². The molecule has 0 atom stereocenters. The van der Waals surface area contributed by atoms with Crippen LogP contribution in [0.5, 0.6) is 0 Å². The largest absolute Gasteiger partial charge is 0.416 e. The van der Waals surface area contributed by atoms with Crippen LogP contribution in [0.25, 0.3) is 0 Å². The van der Waals surface area contributed by atoms with E-state index in [1.165, 1.54) is 12.1 Å². The van der Waals surface area contributed by atoms with E-state index in [0.29, 0.717) is 38.8 Å². The minimum atomic E-state index is -4.42. The van der Waals surface area contributed by atoms with Gasteiger partial charge in [-0.3, -0.25) is 9.59 Å². The van der Waals surface area contributed by atoms with Gasteiger partial charge in [-0.25, -0.2) is 0 Å². The number of hydrogen-bond acceptors (Lipinski definition) is 2. The number of nitrogens with one attached hydrogen (secondary N) is 1. The number of halogens is 3. The lowest BCUT2D eigenvalue weighted by Gasteiger charge is -2.32. The minimum absolute atomic E-state index is 0.00919. The van der Waals surface area contributed by atoms with Gasteiger partial charge in [0.15, 0.2) is 0 Å². The van der Waals surface area contributed by atoms with Crippen LogP contribution < -0.4 is 5.32 Å². The highest BCUT2D eigenvalue weighted by atomic mass is 19.4. The Morgan fingerprint density at radius 2 is 1.59 bits per heavy atom. The molecule has 0 saturated carbocycles. The van der Waals surface area contributed by atoms with Gasteiger partial charge in [-0.2, -0.15) is 13.2 Å². The highest BCUT2D eigenvalue weighted by Gasteiger charge is 2.31. The maximum absolute atomic E-state index is 12.6. The Bertz CT molecular complexity index is 827. The minimum Gasteiger partial charge on any atom is -0.353 e. The number of carbonyl (C=O) groups is 2. The van der Waals surface area contributed by atoms with Crippen LogP contribution in [0.2, 0.25) is 0 Å². The van der Waals surface area contributed by atoms with Gasteiger partial charge < -0.3 is 10.2 Å². The van der Waals surface area contributed by atoms with E-state index in [2.05, 4.69) is 5.32 Å². The van der Waals surface area contributed by atoms with Crippen molar-refractivity contribution in [2.24, 2.45) is 0 Å². The zero-order valence-electron chi connectivity index (χ0n) is 15.9. The summed E-state index contributed by atoms with van der Waals surface area (Å²) in [5, 5.41) is 3.01. The highest BCUT2D eigenvalue weighted by molar-refractivity contribution is 5.94. The summed E-state index contributed by atoms with van der Waals surface area (Å²) in [5.41, 5.74) is 0.578. The van der Waals surface area contributed by atoms with Crippen LogP contribution in [-0.2, 0) is 17.4 Å². The number of carbonyl (C=O) groups excluding carboxylic acids is 2. The maximum atomic E-state index is 12.6. The van der Waals surface area contributed by atoms with Crippen LogP contribution in [-0.4, -0.2) is 35.8 Å². The normalized spacial score (nSPS) is 15.2. The lowest BCUT2D eigenvalue weighted by molar-refractivity contribution is -0.137. The first-order chi connectivity index (χ1) is 13.8. The molecule has 0 aliphatic carbocycles. The van der Waals surface area contributed by atoms with Crippen molar-refractivity contribution in [2.75, 3.05) is 13.1 Å². The van der Waals surface area contributed by atoms with E-state index in [9.17, 15) is 22.8 Å². The molecule has 2 amide bonds. The van der Waals surface area contributed by atoms with Gasteiger partial charge in [0.25, 0.3) is 5.91 Å². The second kappa shape index (κ2) is 9.11. The summed E-state index contributed by atoms with van der Waals surface area (Å²) < 4.78 is 37.9. The lowest BCUT2D eigenvalue weighted by atomic mass is 10.0. The molecule has 0 unspecified atom stereocenters. The molecule has 7 heteroatoms. The van der Waals surface area contributed by atoms with Gasteiger partial charge in [0.2, 0.25) is 5.91 Å². The van der Waals surface area contributed by atoms with Gasteiger partial charge in [0, 0.05) is 31.1 Å². The van der Waals surface area contributed by atoms with E-state index in [-0.39, 0.29) is 23.4 Å². The van der Waals surface area contributed by atoms with Gasteiger partial charge in [-0.05, 0) is 49.1 Å². The predicted molar refractivity (Wildman–Crippen MR) is 103 cm³/mol. The molecule has 0 aromatic heterocycles. The van der Waals surface area contributed by atoms with Crippen molar-refractivity contribution < 1.29 is 22.8 Å². The summed E-state index contributed by atoms with van der Waals surface area (Å²) in [4.78, 5) is 26.3. The average molecular weight is 404 g/mol. The summed E-state index contributed by atoms with van der Waals surface area (Å²) in [6.07, 6.45) is -2.07. The summed E-state index contributed by atoms with van der Waals surface area (Å²) in [6, 6.07) is 14.1. The van der Waals surface area contributed by atoms with E-state index in [1.54, 1.807) is 4.90 Å². The number of rotatable bonds is 5. The second-order valence-corrected chi connectivity index (χ2v) is 7.19.